The standard InChI is InChI=1S/C14H13NO3/c1-2-18-14(17)12-11(8-9-15-13(12)16)10-6-4-3-5-7-10/h3-9H,2H2,1H3,(H,15,16). The number of aromatic nitrogens is 1. The molecule has 0 fully saturated rings. The van der Waals surface area contributed by atoms with Crippen molar-refractivity contribution in [1.82, 2.24) is 4.98 Å². The molecule has 0 saturated heterocycles. The van der Waals surface area contributed by atoms with Crippen molar-refractivity contribution in [2.75, 3.05) is 6.61 Å². The Morgan fingerprint density at radius 3 is 2.61 bits per heavy atom. The van der Waals surface area contributed by atoms with Crippen molar-refractivity contribution >= 4 is 5.97 Å². The van der Waals surface area contributed by atoms with E-state index in [1.54, 1.807) is 13.0 Å². The van der Waals surface area contributed by atoms with E-state index < -0.39 is 11.5 Å². The number of carbonyl (C=O) groups excluding carboxylic acids is 1. The average molecular weight is 243 g/mol. The quantitative estimate of drug-likeness (QED) is 0.841. The number of pyridine rings is 1. The molecule has 2 aromatic rings. The van der Waals surface area contributed by atoms with Crippen LogP contribution in [0.15, 0.2) is 47.4 Å². The molecule has 0 bridgehead atoms. The van der Waals surface area contributed by atoms with Crippen molar-refractivity contribution < 1.29 is 9.53 Å². The molecule has 1 aromatic heterocycles. The summed E-state index contributed by atoms with van der Waals surface area (Å²) in [7, 11) is 0. The van der Waals surface area contributed by atoms with E-state index in [9.17, 15) is 9.59 Å². The van der Waals surface area contributed by atoms with Crippen LogP contribution < -0.4 is 5.56 Å². The molecule has 1 heterocycles. The number of benzene rings is 1. The smallest absolute Gasteiger partial charge is 0.344 e. The number of rotatable bonds is 3. The molecule has 0 aliphatic carbocycles. The van der Waals surface area contributed by atoms with Gasteiger partial charge in [-0.25, -0.2) is 4.79 Å². The lowest BCUT2D eigenvalue weighted by Gasteiger charge is -2.07. The Bertz CT molecular complexity index is 602. The summed E-state index contributed by atoms with van der Waals surface area (Å²) in [5.74, 6) is -0.599. The van der Waals surface area contributed by atoms with Gasteiger partial charge in [0.2, 0.25) is 0 Å². The van der Waals surface area contributed by atoms with Crippen molar-refractivity contribution in [3.8, 4) is 11.1 Å². The van der Waals surface area contributed by atoms with Crippen LogP contribution >= 0.6 is 0 Å². The fourth-order valence-electron chi connectivity index (χ4n) is 1.74. The van der Waals surface area contributed by atoms with E-state index in [0.717, 1.165) is 5.56 Å². The second-order valence-electron chi connectivity index (χ2n) is 3.68. The zero-order valence-corrected chi connectivity index (χ0v) is 9.97. The summed E-state index contributed by atoms with van der Waals surface area (Å²) in [6.45, 7) is 1.94. The Morgan fingerprint density at radius 1 is 1.22 bits per heavy atom. The SMILES string of the molecule is CCOC(=O)c1c(-c2ccccc2)cc[nH]c1=O. The van der Waals surface area contributed by atoms with Gasteiger partial charge in [0, 0.05) is 11.8 Å². The highest BCUT2D eigenvalue weighted by atomic mass is 16.5. The Hall–Kier alpha value is -2.36. The molecule has 2 rings (SSSR count). The number of ether oxygens (including phenoxy) is 1. The molecule has 0 radical (unpaired) electrons. The van der Waals surface area contributed by atoms with Gasteiger partial charge in [-0.2, -0.15) is 0 Å². The maximum Gasteiger partial charge on any atom is 0.344 e. The molecule has 4 nitrogen and oxygen atoms in total. The molecule has 0 aliphatic rings. The Labute approximate surface area is 104 Å². The molecule has 0 saturated carbocycles. The molecule has 0 atom stereocenters. The third-order valence-corrected chi connectivity index (χ3v) is 2.53. The normalized spacial score (nSPS) is 10.1. The van der Waals surface area contributed by atoms with Crippen LogP contribution in [0.3, 0.4) is 0 Å². The van der Waals surface area contributed by atoms with Crippen LogP contribution in [0, 0.1) is 0 Å². The largest absolute Gasteiger partial charge is 0.462 e. The molecule has 1 aromatic carbocycles. The van der Waals surface area contributed by atoms with Gasteiger partial charge in [0.1, 0.15) is 5.56 Å². The number of hydrogen-bond donors (Lipinski definition) is 1. The maximum atomic E-state index is 11.8. The number of H-pyrrole nitrogens is 1. The van der Waals surface area contributed by atoms with E-state index in [4.69, 9.17) is 4.74 Å². The summed E-state index contributed by atoms with van der Waals surface area (Å²) in [6.07, 6.45) is 1.52. The summed E-state index contributed by atoms with van der Waals surface area (Å²) in [4.78, 5) is 26.1. The van der Waals surface area contributed by atoms with Crippen LogP contribution in [0.2, 0.25) is 0 Å². The van der Waals surface area contributed by atoms with Crippen LogP contribution in [0.25, 0.3) is 11.1 Å². The first-order valence-corrected chi connectivity index (χ1v) is 5.68. The predicted molar refractivity (Wildman–Crippen MR) is 68.5 cm³/mol. The van der Waals surface area contributed by atoms with Crippen molar-refractivity contribution in [1.29, 1.82) is 0 Å². The van der Waals surface area contributed by atoms with Crippen molar-refractivity contribution in [3.63, 3.8) is 0 Å². The molecule has 0 spiro atoms. The summed E-state index contributed by atoms with van der Waals surface area (Å²) in [5, 5.41) is 0. The fraction of sp³-hybridized carbons (Fsp3) is 0.143. The van der Waals surface area contributed by atoms with Crippen molar-refractivity contribution in [3.05, 3.63) is 58.5 Å². The molecule has 0 aliphatic heterocycles. The van der Waals surface area contributed by atoms with Gasteiger partial charge in [0.25, 0.3) is 5.56 Å². The molecule has 0 unspecified atom stereocenters. The van der Waals surface area contributed by atoms with Crippen LogP contribution in [-0.4, -0.2) is 17.6 Å². The minimum Gasteiger partial charge on any atom is -0.462 e. The van der Waals surface area contributed by atoms with Gasteiger partial charge in [-0.15, -0.1) is 0 Å². The Kier molecular flexibility index (Phi) is 3.57. The lowest BCUT2D eigenvalue weighted by Crippen LogP contribution is -2.20. The Morgan fingerprint density at radius 2 is 1.94 bits per heavy atom. The van der Waals surface area contributed by atoms with Gasteiger partial charge in [-0.3, -0.25) is 4.79 Å². The van der Waals surface area contributed by atoms with Gasteiger partial charge in [0.05, 0.1) is 6.61 Å². The molecule has 4 heteroatoms. The first-order valence-electron chi connectivity index (χ1n) is 5.68. The number of aromatic amines is 1. The highest BCUT2D eigenvalue weighted by Gasteiger charge is 2.17. The second-order valence-corrected chi connectivity index (χ2v) is 3.68. The highest BCUT2D eigenvalue weighted by Crippen LogP contribution is 2.21. The zero-order valence-electron chi connectivity index (χ0n) is 9.97. The summed E-state index contributed by atoms with van der Waals surface area (Å²) < 4.78 is 4.91. The van der Waals surface area contributed by atoms with Crippen molar-refractivity contribution in [2.45, 2.75) is 6.92 Å². The number of carbonyl (C=O) groups is 1. The van der Waals surface area contributed by atoms with E-state index in [1.807, 2.05) is 30.3 Å². The van der Waals surface area contributed by atoms with E-state index in [-0.39, 0.29) is 12.2 Å². The van der Waals surface area contributed by atoms with E-state index in [1.165, 1.54) is 6.20 Å². The monoisotopic (exact) mass is 243 g/mol. The third-order valence-electron chi connectivity index (χ3n) is 2.53. The molecule has 92 valence electrons. The minimum absolute atomic E-state index is 0.0468. The molecule has 18 heavy (non-hydrogen) atoms. The molecular formula is C14H13NO3. The molecular weight excluding hydrogens is 230 g/mol. The number of nitrogens with one attached hydrogen (secondary N) is 1. The summed E-state index contributed by atoms with van der Waals surface area (Å²) in [6, 6.07) is 11.0. The maximum absolute atomic E-state index is 11.8. The Balaban J connectivity index is 2.58. The lowest BCUT2D eigenvalue weighted by atomic mass is 10.0. The van der Waals surface area contributed by atoms with E-state index in [0.29, 0.717) is 5.56 Å². The molecule has 0 amide bonds. The first kappa shape index (κ1) is 12.1. The third kappa shape index (κ3) is 2.32. The van der Waals surface area contributed by atoms with Gasteiger partial charge in [0.15, 0.2) is 0 Å². The van der Waals surface area contributed by atoms with Crippen molar-refractivity contribution in [2.24, 2.45) is 0 Å². The second kappa shape index (κ2) is 5.31. The topological polar surface area (TPSA) is 59.2 Å². The highest BCUT2D eigenvalue weighted by molar-refractivity contribution is 5.96. The number of esters is 1. The first-order chi connectivity index (χ1) is 8.74. The van der Waals surface area contributed by atoms with E-state index >= 15 is 0 Å². The van der Waals surface area contributed by atoms with Gasteiger partial charge < -0.3 is 9.72 Å². The molecule has 1 N–H and O–H groups in total. The van der Waals surface area contributed by atoms with Crippen LogP contribution in [0.5, 0.6) is 0 Å². The van der Waals surface area contributed by atoms with Gasteiger partial charge in [-0.1, -0.05) is 30.3 Å². The zero-order chi connectivity index (χ0) is 13.0. The van der Waals surface area contributed by atoms with Gasteiger partial charge in [-0.05, 0) is 18.6 Å². The predicted octanol–water partition coefficient (Wildman–Crippen LogP) is 2.22. The number of hydrogen-bond acceptors (Lipinski definition) is 3. The summed E-state index contributed by atoms with van der Waals surface area (Å²) in [5.41, 5.74) is 1.00. The van der Waals surface area contributed by atoms with Crippen LogP contribution in [-0.2, 0) is 4.74 Å². The van der Waals surface area contributed by atoms with Gasteiger partial charge >= 0.3 is 5.97 Å². The lowest BCUT2D eigenvalue weighted by molar-refractivity contribution is 0.0525. The fourth-order valence-corrected chi connectivity index (χ4v) is 1.74. The van der Waals surface area contributed by atoms with E-state index in [2.05, 4.69) is 4.98 Å². The summed E-state index contributed by atoms with van der Waals surface area (Å²) >= 11 is 0. The van der Waals surface area contributed by atoms with Crippen LogP contribution in [0.4, 0.5) is 0 Å². The van der Waals surface area contributed by atoms with Crippen LogP contribution in [0.1, 0.15) is 17.3 Å². The average Bonchev–Trinajstić information content (AvgIpc) is 2.39. The minimum atomic E-state index is -0.599.